The lowest BCUT2D eigenvalue weighted by molar-refractivity contribution is 0.280. The minimum Gasteiger partial charge on any atom is -0.458 e. The summed E-state index contributed by atoms with van der Waals surface area (Å²) >= 11 is 5.83. The Bertz CT molecular complexity index is 521. The van der Waals surface area contributed by atoms with E-state index in [1.807, 2.05) is 30.3 Å². The predicted molar refractivity (Wildman–Crippen MR) is 74.4 cm³/mol. The van der Waals surface area contributed by atoms with Crippen molar-refractivity contribution in [2.45, 2.75) is 20.0 Å². The predicted octanol–water partition coefficient (Wildman–Crippen LogP) is 2.93. The van der Waals surface area contributed by atoms with Crippen molar-refractivity contribution in [1.29, 1.82) is 0 Å². The summed E-state index contributed by atoms with van der Waals surface area (Å²) in [7, 11) is 0. The number of aromatic nitrogens is 3. The topological polar surface area (TPSA) is 59.9 Å². The van der Waals surface area contributed by atoms with Crippen molar-refractivity contribution in [2.75, 3.05) is 11.9 Å². The second-order valence-electron chi connectivity index (χ2n) is 3.91. The number of nitrogens with one attached hydrogen (secondary N) is 1. The molecule has 0 radical (unpaired) electrons. The zero-order valence-electron chi connectivity index (χ0n) is 10.6. The molecule has 0 saturated carbocycles. The molecule has 1 aromatic carbocycles. The van der Waals surface area contributed by atoms with E-state index in [9.17, 15) is 0 Å². The molecular weight excluding hydrogens is 264 g/mol. The molecule has 0 bridgehead atoms. The summed E-state index contributed by atoms with van der Waals surface area (Å²) in [6.45, 7) is 3.23. The third-order valence-corrected chi connectivity index (χ3v) is 2.50. The van der Waals surface area contributed by atoms with Gasteiger partial charge < -0.3 is 10.1 Å². The maximum atomic E-state index is 5.83. The highest BCUT2D eigenvalue weighted by Crippen LogP contribution is 2.13. The number of benzene rings is 1. The first kappa shape index (κ1) is 13.5. The van der Waals surface area contributed by atoms with Gasteiger partial charge in [-0.15, -0.1) is 0 Å². The van der Waals surface area contributed by atoms with Gasteiger partial charge in [-0.2, -0.15) is 15.0 Å². The molecule has 100 valence electrons. The van der Waals surface area contributed by atoms with E-state index in [1.54, 1.807) is 0 Å². The van der Waals surface area contributed by atoms with Crippen molar-refractivity contribution in [1.82, 2.24) is 15.0 Å². The summed E-state index contributed by atoms with van der Waals surface area (Å²) in [5.41, 5.74) is 1.04. The maximum Gasteiger partial charge on any atom is 0.322 e. The lowest BCUT2D eigenvalue weighted by Crippen LogP contribution is -2.07. The van der Waals surface area contributed by atoms with Gasteiger partial charge in [0.2, 0.25) is 11.2 Å². The van der Waals surface area contributed by atoms with Crippen LogP contribution in [-0.2, 0) is 6.61 Å². The maximum absolute atomic E-state index is 5.83. The zero-order chi connectivity index (χ0) is 13.5. The van der Waals surface area contributed by atoms with Gasteiger partial charge in [0, 0.05) is 6.54 Å². The molecule has 19 heavy (non-hydrogen) atoms. The summed E-state index contributed by atoms with van der Waals surface area (Å²) < 4.78 is 5.51. The molecule has 0 amide bonds. The lowest BCUT2D eigenvalue weighted by atomic mass is 10.2. The fourth-order valence-electron chi connectivity index (χ4n) is 1.43. The first-order valence-electron chi connectivity index (χ1n) is 6.10. The summed E-state index contributed by atoms with van der Waals surface area (Å²) in [6, 6.07) is 10.0. The van der Waals surface area contributed by atoms with Gasteiger partial charge in [-0.05, 0) is 23.6 Å². The van der Waals surface area contributed by atoms with E-state index in [-0.39, 0.29) is 11.3 Å². The van der Waals surface area contributed by atoms with E-state index in [0.29, 0.717) is 12.6 Å². The Morgan fingerprint density at radius 2 is 1.95 bits per heavy atom. The summed E-state index contributed by atoms with van der Waals surface area (Å²) in [5.74, 6) is 0.435. The summed E-state index contributed by atoms with van der Waals surface area (Å²) in [4.78, 5) is 12.1. The molecule has 0 unspecified atom stereocenters. The third-order valence-electron chi connectivity index (χ3n) is 2.33. The average molecular weight is 279 g/mol. The highest BCUT2D eigenvalue weighted by molar-refractivity contribution is 6.28. The second kappa shape index (κ2) is 6.89. The molecule has 1 heterocycles. The zero-order valence-corrected chi connectivity index (χ0v) is 11.4. The summed E-state index contributed by atoms with van der Waals surface area (Å²) in [5, 5.41) is 3.17. The number of anilines is 1. The van der Waals surface area contributed by atoms with Crippen LogP contribution in [0.3, 0.4) is 0 Å². The molecule has 2 rings (SSSR count). The van der Waals surface area contributed by atoms with Crippen LogP contribution in [0.25, 0.3) is 0 Å². The molecule has 0 spiro atoms. The van der Waals surface area contributed by atoms with Crippen LogP contribution in [0.2, 0.25) is 5.28 Å². The van der Waals surface area contributed by atoms with Gasteiger partial charge in [-0.1, -0.05) is 37.3 Å². The van der Waals surface area contributed by atoms with E-state index >= 15 is 0 Å². The highest BCUT2D eigenvalue weighted by Gasteiger charge is 2.05. The molecule has 0 fully saturated rings. The van der Waals surface area contributed by atoms with Gasteiger partial charge in [0.15, 0.2) is 0 Å². The molecule has 0 aliphatic heterocycles. The molecule has 5 nitrogen and oxygen atoms in total. The Labute approximate surface area is 117 Å². The SMILES string of the molecule is CCCNc1nc(Cl)nc(OCc2ccccc2)n1. The van der Waals surface area contributed by atoms with Crippen LogP contribution in [0.4, 0.5) is 5.95 Å². The molecular formula is C13H15ClN4O. The number of halogens is 1. The fraction of sp³-hybridized carbons (Fsp3) is 0.308. The van der Waals surface area contributed by atoms with Gasteiger partial charge in [0.05, 0.1) is 0 Å². The molecule has 0 atom stereocenters. The number of rotatable bonds is 6. The standard InChI is InChI=1S/C13H15ClN4O/c1-2-8-15-12-16-11(14)17-13(18-12)19-9-10-6-4-3-5-7-10/h3-7H,2,8-9H2,1H3,(H,15,16,17,18). The van der Waals surface area contributed by atoms with Gasteiger partial charge >= 0.3 is 6.01 Å². The van der Waals surface area contributed by atoms with Crippen molar-refractivity contribution in [2.24, 2.45) is 0 Å². The fourth-order valence-corrected chi connectivity index (χ4v) is 1.59. The van der Waals surface area contributed by atoms with Crippen molar-refractivity contribution < 1.29 is 4.74 Å². The van der Waals surface area contributed by atoms with Crippen LogP contribution in [-0.4, -0.2) is 21.5 Å². The smallest absolute Gasteiger partial charge is 0.322 e. The Kier molecular flexibility index (Phi) is 4.92. The average Bonchev–Trinajstić information content (AvgIpc) is 2.43. The van der Waals surface area contributed by atoms with Gasteiger partial charge in [0.25, 0.3) is 0 Å². The van der Waals surface area contributed by atoms with E-state index in [2.05, 4.69) is 27.2 Å². The number of nitrogens with zero attached hydrogens (tertiary/aromatic N) is 3. The normalized spacial score (nSPS) is 10.2. The van der Waals surface area contributed by atoms with E-state index in [1.165, 1.54) is 0 Å². The van der Waals surface area contributed by atoms with Gasteiger partial charge in [-0.3, -0.25) is 0 Å². The monoisotopic (exact) mass is 278 g/mol. The molecule has 1 aromatic heterocycles. The Morgan fingerprint density at radius 3 is 2.68 bits per heavy atom. The largest absolute Gasteiger partial charge is 0.458 e. The van der Waals surface area contributed by atoms with E-state index in [4.69, 9.17) is 16.3 Å². The molecule has 0 aliphatic rings. The van der Waals surface area contributed by atoms with Crippen molar-refractivity contribution in [3.05, 3.63) is 41.2 Å². The van der Waals surface area contributed by atoms with Crippen LogP contribution in [0, 0.1) is 0 Å². The van der Waals surface area contributed by atoms with E-state index < -0.39 is 0 Å². The van der Waals surface area contributed by atoms with Crippen molar-refractivity contribution in [3.63, 3.8) is 0 Å². The van der Waals surface area contributed by atoms with Gasteiger partial charge in [-0.25, -0.2) is 0 Å². The minimum atomic E-state index is 0.122. The lowest BCUT2D eigenvalue weighted by Gasteiger charge is -2.07. The number of ether oxygens (including phenoxy) is 1. The minimum absolute atomic E-state index is 0.122. The van der Waals surface area contributed by atoms with Gasteiger partial charge in [0.1, 0.15) is 6.61 Å². The molecule has 0 aliphatic carbocycles. The Balaban J connectivity index is 2.01. The van der Waals surface area contributed by atoms with Crippen molar-refractivity contribution in [3.8, 4) is 6.01 Å². The molecule has 2 aromatic rings. The van der Waals surface area contributed by atoms with Crippen LogP contribution in [0.1, 0.15) is 18.9 Å². The third kappa shape index (κ3) is 4.37. The summed E-state index contributed by atoms with van der Waals surface area (Å²) in [6.07, 6.45) is 0.976. The molecule has 0 saturated heterocycles. The number of hydrogen-bond acceptors (Lipinski definition) is 5. The Hall–Kier alpha value is -1.88. The quantitative estimate of drug-likeness (QED) is 0.880. The molecule has 1 N–H and O–H groups in total. The van der Waals surface area contributed by atoms with E-state index in [0.717, 1.165) is 18.5 Å². The molecule has 6 heteroatoms. The first-order valence-corrected chi connectivity index (χ1v) is 6.48. The van der Waals surface area contributed by atoms with Crippen molar-refractivity contribution >= 4 is 17.5 Å². The Morgan fingerprint density at radius 1 is 1.16 bits per heavy atom. The van der Waals surface area contributed by atoms with Crippen LogP contribution >= 0.6 is 11.6 Å². The highest BCUT2D eigenvalue weighted by atomic mass is 35.5. The van der Waals surface area contributed by atoms with Crippen LogP contribution in [0.5, 0.6) is 6.01 Å². The van der Waals surface area contributed by atoms with Crippen LogP contribution in [0.15, 0.2) is 30.3 Å². The first-order chi connectivity index (χ1) is 9.28. The van der Waals surface area contributed by atoms with Crippen LogP contribution < -0.4 is 10.1 Å². The number of hydrogen-bond donors (Lipinski definition) is 1. The second-order valence-corrected chi connectivity index (χ2v) is 4.25.